The van der Waals surface area contributed by atoms with E-state index in [4.69, 9.17) is 21.1 Å². The molecule has 2 N–H and O–H groups in total. The Labute approximate surface area is 198 Å². The number of carbonyl (C=O) groups excluding carboxylic acids is 1. The smallest absolute Gasteiger partial charge is 0.261 e. The molecular formula is C24H25ClN2O5S. The van der Waals surface area contributed by atoms with E-state index >= 15 is 0 Å². The van der Waals surface area contributed by atoms with Crippen LogP contribution in [0.5, 0.6) is 11.5 Å². The zero-order valence-electron chi connectivity index (χ0n) is 18.2. The molecule has 7 nitrogen and oxygen atoms in total. The number of nitrogens with one attached hydrogen (secondary N) is 2. The van der Waals surface area contributed by atoms with Crippen molar-refractivity contribution in [2.24, 2.45) is 0 Å². The van der Waals surface area contributed by atoms with E-state index in [1.165, 1.54) is 24.3 Å². The second kappa shape index (κ2) is 11.1. The van der Waals surface area contributed by atoms with Crippen molar-refractivity contribution in [3.63, 3.8) is 0 Å². The number of hydrogen-bond acceptors (Lipinski definition) is 5. The lowest BCUT2D eigenvalue weighted by Crippen LogP contribution is -2.31. The molecule has 0 fully saturated rings. The number of rotatable bonds is 10. The monoisotopic (exact) mass is 488 g/mol. The Morgan fingerprint density at radius 1 is 0.909 bits per heavy atom. The van der Waals surface area contributed by atoms with Crippen molar-refractivity contribution in [1.82, 2.24) is 5.32 Å². The summed E-state index contributed by atoms with van der Waals surface area (Å²) in [6, 6.07) is 19.5. The van der Waals surface area contributed by atoms with Gasteiger partial charge >= 0.3 is 0 Å². The molecule has 33 heavy (non-hydrogen) atoms. The topological polar surface area (TPSA) is 93.7 Å². The molecule has 174 valence electrons. The lowest BCUT2D eigenvalue weighted by molar-refractivity contribution is -0.123. The van der Waals surface area contributed by atoms with Crippen molar-refractivity contribution in [2.45, 2.75) is 24.8 Å². The van der Waals surface area contributed by atoms with E-state index in [0.29, 0.717) is 28.8 Å². The number of halogens is 1. The lowest BCUT2D eigenvalue weighted by Gasteiger charge is -2.15. The van der Waals surface area contributed by atoms with Gasteiger partial charge in [-0.15, -0.1) is 0 Å². The summed E-state index contributed by atoms with van der Waals surface area (Å²) in [7, 11) is -3.77. The fraction of sp³-hybridized carbons (Fsp3) is 0.208. The molecule has 3 aromatic rings. The average Bonchev–Trinajstić information content (AvgIpc) is 2.80. The van der Waals surface area contributed by atoms with Crippen LogP contribution in [0.2, 0.25) is 5.02 Å². The Hall–Kier alpha value is -3.23. The van der Waals surface area contributed by atoms with E-state index in [2.05, 4.69) is 10.0 Å². The van der Waals surface area contributed by atoms with Crippen LogP contribution in [0.1, 0.15) is 25.5 Å². The molecule has 9 heteroatoms. The van der Waals surface area contributed by atoms with Crippen LogP contribution in [-0.4, -0.2) is 27.5 Å². The molecule has 0 saturated heterocycles. The standard InChI is InChI=1S/C24H25ClN2O5S/c1-3-31-21-10-8-20(9-11-21)27-33(29,30)23-14-12-22(13-15-23)32-16-24(28)26-17(2)18-4-6-19(25)7-5-18/h4-15,17,27H,3,16H2,1-2H3,(H,26,28)/t17-/m1/s1. The summed E-state index contributed by atoms with van der Waals surface area (Å²) in [6.45, 7) is 4.06. The normalized spacial score (nSPS) is 12.0. The summed E-state index contributed by atoms with van der Waals surface area (Å²) >= 11 is 5.88. The molecule has 0 bridgehead atoms. The SMILES string of the molecule is CCOc1ccc(NS(=O)(=O)c2ccc(OCC(=O)N[C@H](C)c3ccc(Cl)cc3)cc2)cc1. The van der Waals surface area contributed by atoms with E-state index < -0.39 is 10.0 Å². The molecule has 3 aromatic carbocycles. The maximum atomic E-state index is 12.6. The van der Waals surface area contributed by atoms with E-state index in [9.17, 15) is 13.2 Å². The van der Waals surface area contributed by atoms with Crippen LogP contribution in [0, 0.1) is 0 Å². The van der Waals surface area contributed by atoms with Gasteiger partial charge in [0.25, 0.3) is 15.9 Å². The minimum Gasteiger partial charge on any atom is -0.494 e. The summed E-state index contributed by atoms with van der Waals surface area (Å²) in [5, 5.41) is 3.46. The number of carbonyl (C=O) groups is 1. The third-order valence-electron chi connectivity index (χ3n) is 4.67. The molecular weight excluding hydrogens is 464 g/mol. The first-order valence-electron chi connectivity index (χ1n) is 10.3. The summed E-state index contributed by atoms with van der Waals surface area (Å²) in [6.07, 6.45) is 0. The zero-order valence-corrected chi connectivity index (χ0v) is 19.8. The van der Waals surface area contributed by atoms with Crippen LogP contribution >= 0.6 is 11.6 Å². The van der Waals surface area contributed by atoms with Gasteiger partial charge in [0.2, 0.25) is 0 Å². The molecule has 0 aliphatic carbocycles. The third kappa shape index (κ3) is 7.13. The number of ether oxygens (including phenoxy) is 2. The molecule has 0 spiro atoms. The molecule has 0 aromatic heterocycles. The fourth-order valence-corrected chi connectivity index (χ4v) is 4.17. The van der Waals surface area contributed by atoms with Crippen molar-refractivity contribution >= 4 is 33.2 Å². The van der Waals surface area contributed by atoms with Crippen LogP contribution in [-0.2, 0) is 14.8 Å². The maximum absolute atomic E-state index is 12.6. The minimum absolute atomic E-state index is 0.0737. The molecule has 0 aliphatic rings. The average molecular weight is 489 g/mol. The summed E-state index contributed by atoms with van der Waals surface area (Å²) in [4.78, 5) is 12.3. The minimum atomic E-state index is -3.77. The first-order chi connectivity index (χ1) is 15.8. The molecule has 0 aliphatic heterocycles. The van der Waals surface area contributed by atoms with Gasteiger partial charge in [-0.05, 0) is 80.1 Å². The van der Waals surface area contributed by atoms with Crippen LogP contribution in [0.15, 0.2) is 77.7 Å². The van der Waals surface area contributed by atoms with Gasteiger partial charge in [0.05, 0.1) is 17.5 Å². The predicted octanol–water partition coefficient (Wildman–Crippen LogP) is 4.80. The molecule has 1 amide bonds. The predicted molar refractivity (Wildman–Crippen MR) is 128 cm³/mol. The molecule has 1 atom stereocenters. The van der Waals surface area contributed by atoms with E-state index in [-0.39, 0.29) is 23.5 Å². The third-order valence-corrected chi connectivity index (χ3v) is 6.32. The van der Waals surface area contributed by atoms with Gasteiger partial charge < -0.3 is 14.8 Å². The number of sulfonamides is 1. The quantitative estimate of drug-likeness (QED) is 0.427. The van der Waals surface area contributed by atoms with Gasteiger partial charge in [-0.2, -0.15) is 0 Å². The molecule has 0 unspecified atom stereocenters. The first-order valence-corrected chi connectivity index (χ1v) is 12.2. The Morgan fingerprint density at radius 3 is 2.09 bits per heavy atom. The highest BCUT2D eigenvalue weighted by Gasteiger charge is 2.15. The van der Waals surface area contributed by atoms with Crippen LogP contribution < -0.4 is 19.5 Å². The second-order valence-corrected chi connectivity index (χ2v) is 9.28. The molecule has 0 saturated carbocycles. The van der Waals surface area contributed by atoms with E-state index in [1.807, 2.05) is 26.0 Å². The second-order valence-electron chi connectivity index (χ2n) is 7.16. The van der Waals surface area contributed by atoms with Crippen molar-refractivity contribution in [3.8, 4) is 11.5 Å². The summed E-state index contributed by atoms with van der Waals surface area (Å²) in [5.41, 5.74) is 1.34. The van der Waals surface area contributed by atoms with Crippen LogP contribution in [0.25, 0.3) is 0 Å². The molecule has 0 radical (unpaired) electrons. The lowest BCUT2D eigenvalue weighted by atomic mass is 10.1. The Morgan fingerprint density at radius 2 is 1.48 bits per heavy atom. The fourth-order valence-electron chi connectivity index (χ4n) is 2.98. The van der Waals surface area contributed by atoms with Crippen molar-refractivity contribution < 1.29 is 22.7 Å². The number of amides is 1. The maximum Gasteiger partial charge on any atom is 0.261 e. The van der Waals surface area contributed by atoms with Crippen molar-refractivity contribution in [2.75, 3.05) is 17.9 Å². The largest absolute Gasteiger partial charge is 0.494 e. The van der Waals surface area contributed by atoms with Gasteiger partial charge in [0.1, 0.15) is 11.5 Å². The Bertz CT molecular complexity index is 1160. The highest BCUT2D eigenvalue weighted by atomic mass is 35.5. The zero-order chi connectivity index (χ0) is 23.8. The summed E-state index contributed by atoms with van der Waals surface area (Å²) in [5.74, 6) is 0.740. The number of hydrogen-bond donors (Lipinski definition) is 2. The van der Waals surface area contributed by atoms with Gasteiger partial charge in [-0.25, -0.2) is 8.42 Å². The van der Waals surface area contributed by atoms with E-state index in [1.54, 1.807) is 36.4 Å². The van der Waals surface area contributed by atoms with Crippen LogP contribution in [0.3, 0.4) is 0 Å². The van der Waals surface area contributed by atoms with Gasteiger partial charge in [0, 0.05) is 10.7 Å². The van der Waals surface area contributed by atoms with E-state index in [0.717, 1.165) is 5.56 Å². The highest BCUT2D eigenvalue weighted by molar-refractivity contribution is 7.92. The first kappa shape index (κ1) is 24.4. The van der Waals surface area contributed by atoms with Crippen molar-refractivity contribution in [3.05, 3.63) is 83.4 Å². The van der Waals surface area contributed by atoms with Crippen LogP contribution in [0.4, 0.5) is 5.69 Å². The molecule has 0 heterocycles. The van der Waals surface area contributed by atoms with Gasteiger partial charge in [-0.1, -0.05) is 23.7 Å². The van der Waals surface area contributed by atoms with Crippen molar-refractivity contribution in [1.29, 1.82) is 0 Å². The Balaban J connectivity index is 1.53. The van der Waals surface area contributed by atoms with Gasteiger partial charge in [-0.3, -0.25) is 9.52 Å². The number of benzene rings is 3. The Kier molecular flexibility index (Phi) is 8.19. The number of anilines is 1. The highest BCUT2D eigenvalue weighted by Crippen LogP contribution is 2.21. The molecule has 3 rings (SSSR count). The summed E-state index contributed by atoms with van der Waals surface area (Å²) < 4.78 is 38.6. The van der Waals surface area contributed by atoms with Gasteiger partial charge in [0.15, 0.2) is 6.61 Å².